The van der Waals surface area contributed by atoms with E-state index in [1.54, 1.807) is 0 Å². The van der Waals surface area contributed by atoms with E-state index in [9.17, 15) is 4.79 Å². The van der Waals surface area contributed by atoms with Crippen LogP contribution in [0.1, 0.15) is 32.6 Å². The monoisotopic (exact) mass is 211 g/mol. The van der Waals surface area contributed by atoms with Gasteiger partial charge in [-0.05, 0) is 44.7 Å². The molecule has 0 saturated carbocycles. The van der Waals surface area contributed by atoms with Gasteiger partial charge < -0.3 is 10.5 Å². The Morgan fingerprint density at radius 2 is 2.13 bits per heavy atom. The Bertz CT molecular complexity index is 230. The fourth-order valence-electron chi connectivity index (χ4n) is 1.82. The van der Waals surface area contributed by atoms with E-state index in [1.807, 2.05) is 13.0 Å². The summed E-state index contributed by atoms with van der Waals surface area (Å²) in [5.41, 5.74) is 6.30. The topological polar surface area (TPSA) is 52.3 Å². The second-order valence-corrected chi connectivity index (χ2v) is 4.07. The van der Waals surface area contributed by atoms with E-state index in [0.717, 1.165) is 44.5 Å². The van der Waals surface area contributed by atoms with E-state index in [0.29, 0.717) is 12.3 Å². The Labute approximate surface area is 91.7 Å². The van der Waals surface area contributed by atoms with Crippen molar-refractivity contribution in [2.24, 2.45) is 11.7 Å². The fraction of sp³-hybridized carbons (Fsp3) is 0.750. The summed E-state index contributed by atoms with van der Waals surface area (Å²) in [6, 6.07) is 0. The molecule has 1 fully saturated rings. The van der Waals surface area contributed by atoms with Crippen molar-refractivity contribution in [2.45, 2.75) is 32.6 Å². The molecule has 1 saturated heterocycles. The van der Waals surface area contributed by atoms with Gasteiger partial charge in [0.1, 0.15) is 0 Å². The lowest BCUT2D eigenvalue weighted by Gasteiger charge is -2.20. The predicted octanol–water partition coefficient (Wildman–Crippen LogP) is 1.67. The van der Waals surface area contributed by atoms with E-state index in [2.05, 4.69) is 0 Å². The molecule has 1 heterocycles. The number of carbonyl (C=O) groups is 1. The van der Waals surface area contributed by atoms with Gasteiger partial charge in [-0.25, -0.2) is 0 Å². The molecular weight excluding hydrogens is 190 g/mol. The third-order valence-electron chi connectivity index (χ3n) is 2.84. The molecule has 0 aromatic carbocycles. The molecule has 0 bridgehead atoms. The van der Waals surface area contributed by atoms with Crippen molar-refractivity contribution in [3.8, 4) is 0 Å². The highest BCUT2D eigenvalue weighted by Crippen LogP contribution is 2.19. The third-order valence-corrected chi connectivity index (χ3v) is 2.84. The second kappa shape index (κ2) is 6.75. The zero-order chi connectivity index (χ0) is 11.1. The highest BCUT2D eigenvalue weighted by atomic mass is 16.5. The smallest absolute Gasteiger partial charge is 0.161 e. The average molecular weight is 211 g/mol. The number of ether oxygens (including phenoxy) is 1. The lowest BCUT2D eigenvalue weighted by atomic mass is 9.91. The number of hydrogen-bond donors (Lipinski definition) is 1. The van der Waals surface area contributed by atoms with Crippen LogP contribution in [0.3, 0.4) is 0 Å². The van der Waals surface area contributed by atoms with Gasteiger partial charge in [0.2, 0.25) is 0 Å². The predicted molar refractivity (Wildman–Crippen MR) is 60.6 cm³/mol. The van der Waals surface area contributed by atoms with Crippen LogP contribution in [0.2, 0.25) is 0 Å². The summed E-state index contributed by atoms with van der Waals surface area (Å²) in [7, 11) is 0. The molecule has 3 heteroatoms. The van der Waals surface area contributed by atoms with E-state index >= 15 is 0 Å². The van der Waals surface area contributed by atoms with Crippen molar-refractivity contribution >= 4 is 5.78 Å². The van der Waals surface area contributed by atoms with Gasteiger partial charge >= 0.3 is 0 Å². The molecule has 1 aliphatic heterocycles. The fourth-order valence-corrected chi connectivity index (χ4v) is 1.82. The summed E-state index contributed by atoms with van der Waals surface area (Å²) < 4.78 is 5.24. The Morgan fingerprint density at radius 1 is 1.47 bits per heavy atom. The molecule has 86 valence electrons. The number of rotatable bonds is 5. The zero-order valence-corrected chi connectivity index (χ0v) is 9.50. The van der Waals surface area contributed by atoms with Crippen molar-refractivity contribution < 1.29 is 9.53 Å². The number of allylic oxidation sites excluding steroid dienone is 2. The summed E-state index contributed by atoms with van der Waals surface area (Å²) in [6.45, 7) is 4.06. The van der Waals surface area contributed by atoms with Gasteiger partial charge in [0.15, 0.2) is 5.78 Å². The number of carbonyl (C=O) groups excluding carboxylic acids is 1. The van der Waals surface area contributed by atoms with Crippen LogP contribution in [0, 0.1) is 5.92 Å². The van der Waals surface area contributed by atoms with Crippen molar-refractivity contribution in [3.63, 3.8) is 0 Å². The van der Waals surface area contributed by atoms with Crippen LogP contribution in [0.15, 0.2) is 11.6 Å². The minimum Gasteiger partial charge on any atom is -0.381 e. The maximum atomic E-state index is 11.9. The summed E-state index contributed by atoms with van der Waals surface area (Å²) in [5.74, 6) is 0.489. The van der Waals surface area contributed by atoms with E-state index in [-0.39, 0.29) is 5.92 Å². The maximum absolute atomic E-state index is 11.9. The Balaban J connectivity index is 2.40. The summed E-state index contributed by atoms with van der Waals surface area (Å²) >= 11 is 0. The zero-order valence-electron chi connectivity index (χ0n) is 9.50. The van der Waals surface area contributed by atoms with Crippen LogP contribution in [-0.2, 0) is 9.53 Å². The summed E-state index contributed by atoms with van der Waals surface area (Å²) in [5, 5.41) is 0. The van der Waals surface area contributed by atoms with E-state index in [4.69, 9.17) is 10.5 Å². The minimum atomic E-state index is 0.188. The molecule has 3 nitrogen and oxygen atoms in total. The van der Waals surface area contributed by atoms with Crippen LogP contribution < -0.4 is 5.73 Å². The number of nitrogens with two attached hydrogens (primary N) is 1. The maximum Gasteiger partial charge on any atom is 0.161 e. The first-order chi connectivity index (χ1) is 7.25. The molecule has 2 N–H and O–H groups in total. The molecule has 0 aromatic rings. The van der Waals surface area contributed by atoms with Crippen LogP contribution in [0.25, 0.3) is 0 Å². The Kier molecular flexibility index (Phi) is 5.58. The number of unbranched alkanes of at least 4 members (excludes halogenated alkanes) is 1. The molecular formula is C12H21NO2. The number of Topliss-reactive ketones (excluding diaryl/α,β-unsaturated/α-hetero) is 1. The third kappa shape index (κ3) is 4.14. The molecule has 0 unspecified atom stereocenters. The number of hydrogen-bond acceptors (Lipinski definition) is 3. The van der Waals surface area contributed by atoms with Gasteiger partial charge in [-0.1, -0.05) is 6.08 Å². The molecule has 1 rings (SSSR count). The summed E-state index contributed by atoms with van der Waals surface area (Å²) in [4.78, 5) is 11.9. The average Bonchev–Trinajstić information content (AvgIpc) is 2.29. The SMILES string of the molecule is C/C(=C/CCCN)C(=O)C1CCOCC1. The van der Waals surface area contributed by atoms with E-state index in [1.165, 1.54) is 0 Å². The molecule has 0 amide bonds. The second-order valence-electron chi connectivity index (χ2n) is 4.07. The van der Waals surface area contributed by atoms with Crippen molar-refractivity contribution in [1.29, 1.82) is 0 Å². The van der Waals surface area contributed by atoms with Gasteiger partial charge in [-0.3, -0.25) is 4.79 Å². The van der Waals surface area contributed by atoms with Crippen LogP contribution >= 0.6 is 0 Å². The molecule has 0 spiro atoms. The van der Waals surface area contributed by atoms with E-state index < -0.39 is 0 Å². The lowest BCUT2D eigenvalue weighted by molar-refractivity contribution is -0.121. The summed E-state index contributed by atoms with van der Waals surface area (Å²) in [6.07, 6.45) is 5.64. The quantitative estimate of drug-likeness (QED) is 0.556. The molecule has 0 radical (unpaired) electrons. The van der Waals surface area contributed by atoms with Gasteiger partial charge in [0, 0.05) is 19.1 Å². The lowest BCUT2D eigenvalue weighted by Crippen LogP contribution is -2.24. The normalized spacial score (nSPS) is 19.2. The van der Waals surface area contributed by atoms with Crippen LogP contribution in [-0.4, -0.2) is 25.5 Å². The molecule has 1 aliphatic rings. The van der Waals surface area contributed by atoms with Gasteiger partial charge in [-0.15, -0.1) is 0 Å². The Hall–Kier alpha value is -0.670. The van der Waals surface area contributed by atoms with Gasteiger partial charge in [0.25, 0.3) is 0 Å². The molecule has 15 heavy (non-hydrogen) atoms. The number of ketones is 1. The highest BCUT2D eigenvalue weighted by Gasteiger charge is 2.21. The highest BCUT2D eigenvalue weighted by molar-refractivity contribution is 5.96. The minimum absolute atomic E-state index is 0.188. The molecule has 0 atom stereocenters. The molecule has 0 aliphatic carbocycles. The molecule has 0 aromatic heterocycles. The van der Waals surface area contributed by atoms with Crippen LogP contribution in [0.4, 0.5) is 0 Å². The van der Waals surface area contributed by atoms with Gasteiger partial charge in [0.05, 0.1) is 0 Å². The largest absolute Gasteiger partial charge is 0.381 e. The van der Waals surface area contributed by atoms with Crippen molar-refractivity contribution in [1.82, 2.24) is 0 Å². The first-order valence-electron chi connectivity index (χ1n) is 5.74. The Morgan fingerprint density at radius 3 is 2.73 bits per heavy atom. The van der Waals surface area contributed by atoms with Crippen molar-refractivity contribution in [2.75, 3.05) is 19.8 Å². The van der Waals surface area contributed by atoms with Gasteiger partial charge in [-0.2, -0.15) is 0 Å². The first kappa shape index (κ1) is 12.4. The first-order valence-corrected chi connectivity index (χ1v) is 5.74. The van der Waals surface area contributed by atoms with Crippen molar-refractivity contribution in [3.05, 3.63) is 11.6 Å². The standard InChI is InChI=1S/C12H21NO2/c1-10(4-2-3-7-13)12(14)11-5-8-15-9-6-11/h4,11H,2-3,5-9,13H2,1H3/b10-4-. The van der Waals surface area contributed by atoms with Crippen LogP contribution in [0.5, 0.6) is 0 Å².